The Labute approximate surface area is 101 Å². The van der Waals surface area contributed by atoms with Crippen LogP contribution >= 0.6 is 11.8 Å². The predicted octanol–water partition coefficient (Wildman–Crippen LogP) is 0.807. The number of anilines is 1. The first-order valence-electron chi connectivity index (χ1n) is 4.90. The van der Waals surface area contributed by atoms with Crippen LogP contribution in [0.4, 0.5) is 5.69 Å². The molecule has 6 heteroatoms. The molecular weight excluding hydrogens is 238 g/mol. The zero-order chi connectivity index (χ0) is 12.4. The van der Waals surface area contributed by atoms with Gasteiger partial charge in [0, 0.05) is 23.8 Å². The highest BCUT2D eigenvalue weighted by atomic mass is 32.2. The summed E-state index contributed by atoms with van der Waals surface area (Å²) in [6, 6.07) is 7.19. The lowest BCUT2D eigenvalue weighted by Gasteiger charge is -2.04. The summed E-state index contributed by atoms with van der Waals surface area (Å²) in [4.78, 5) is 24.2. The van der Waals surface area contributed by atoms with Gasteiger partial charge in [-0.1, -0.05) is 23.9 Å². The van der Waals surface area contributed by atoms with Crippen molar-refractivity contribution in [3.05, 3.63) is 51.0 Å². The molecule has 0 amide bonds. The van der Waals surface area contributed by atoms with Crippen molar-refractivity contribution in [1.82, 2.24) is 9.78 Å². The molecule has 88 valence electrons. The van der Waals surface area contributed by atoms with Gasteiger partial charge in [0.05, 0.1) is 4.90 Å². The number of nitrogens with one attached hydrogen (secondary N) is 1. The Bertz CT molecular complexity index is 660. The molecule has 3 N–H and O–H groups in total. The molecule has 0 aliphatic carbocycles. The third-order valence-corrected chi connectivity index (χ3v) is 3.37. The van der Waals surface area contributed by atoms with Crippen LogP contribution in [0.15, 0.2) is 49.8 Å². The SMILES string of the molecule is Cn1[nH]cc(Sc2ccccc2N)c(=O)c1=O. The highest BCUT2D eigenvalue weighted by molar-refractivity contribution is 7.99. The van der Waals surface area contributed by atoms with E-state index in [0.717, 1.165) is 9.58 Å². The van der Waals surface area contributed by atoms with E-state index in [9.17, 15) is 9.59 Å². The molecule has 0 atom stereocenters. The molecule has 0 bridgehead atoms. The smallest absolute Gasteiger partial charge is 0.313 e. The molecule has 1 aromatic heterocycles. The molecule has 0 unspecified atom stereocenters. The van der Waals surface area contributed by atoms with Gasteiger partial charge >= 0.3 is 5.56 Å². The monoisotopic (exact) mass is 249 g/mol. The summed E-state index contributed by atoms with van der Waals surface area (Å²) in [6.45, 7) is 0. The van der Waals surface area contributed by atoms with Crippen LogP contribution in [-0.4, -0.2) is 9.78 Å². The molecule has 1 aromatic carbocycles. The van der Waals surface area contributed by atoms with Crippen LogP contribution < -0.4 is 16.7 Å². The summed E-state index contributed by atoms with van der Waals surface area (Å²) >= 11 is 1.18. The van der Waals surface area contributed by atoms with Crippen molar-refractivity contribution >= 4 is 17.4 Å². The fraction of sp³-hybridized carbons (Fsp3) is 0.0909. The van der Waals surface area contributed by atoms with Crippen LogP contribution in [-0.2, 0) is 7.05 Å². The van der Waals surface area contributed by atoms with E-state index in [1.54, 1.807) is 12.1 Å². The fourth-order valence-corrected chi connectivity index (χ4v) is 2.17. The number of H-pyrrole nitrogens is 1. The van der Waals surface area contributed by atoms with Crippen molar-refractivity contribution in [2.45, 2.75) is 9.79 Å². The van der Waals surface area contributed by atoms with E-state index >= 15 is 0 Å². The van der Waals surface area contributed by atoms with E-state index in [2.05, 4.69) is 5.10 Å². The maximum absolute atomic E-state index is 11.7. The van der Waals surface area contributed by atoms with Gasteiger partial charge in [0.15, 0.2) is 0 Å². The van der Waals surface area contributed by atoms with Gasteiger partial charge in [0.1, 0.15) is 0 Å². The Kier molecular flexibility index (Phi) is 3.06. The second-order valence-electron chi connectivity index (χ2n) is 3.47. The first kappa shape index (κ1) is 11.5. The molecule has 0 spiro atoms. The average Bonchev–Trinajstić information content (AvgIpc) is 2.32. The third kappa shape index (κ3) is 2.26. The molecule has 2 rings (SSSR count). The summed E-state index contributed by atoms with van der Waals surface area (Å²) in [5, 5.41) is 2.69. The number of aryl methyl sites for hydroxylation is 1. The highest BCUT2D eigenvalue weighted by Crippen LogP contribution is 2.28. The molecule has 0 saturated carbocycles. The molecular formula is C11H11N3O2S. The quantitative estimate of drug-likeness (QED) is 0.609. The van der Waals surface area contributed by atoms with E-state index in [4.69, 9.17) is 5.73 Å². The Morgan fingerprint density at radius 2 is 1.94 bits per heavy atom. The van der Waals surface area contributed by atoms with Crippen LogP contribution in [0, 0.1) is 0 Å². The van der Waals surface area contributed by atoms with E-state index in [-0.39, 0.29) is 0 Å². The zero-order valence-electron chi connectivity index (χ0n) is 9.14. The lowest BCUT2D eigenvalue weighted by molar-refractivity contribution is 0.686. The Balaban J connectivity index is 2.45. The maximum Gasteiger partial charge on any atom is 0.313 e. The third-order valence-electron chi connectivity index (χ3n) is 2.25. The standard InChI is InChI=1S/C11H11N3O2S/c1-14-11(16)10(15)9(6-13-14)17-8-5-3-2-4-7(8)12/h2-6,13H,12H2,1H3. The molecule has 0 aliphatic rings. The number of rotatable bonds is 2. The molecule has 0 aliphatic heterocycles. The lowest BCUT2D eigenvalue weighted by Crippen LogP contribution is -2.34. The fourth-order valence-electron chi connectivity index (χ4n) is 1.31. The minimum absolute atomic E-state index is 0.339. The van der Waals surface area contributed by atoms with E-state index in [1.165, 1.54) is 25.0 Å². The largest absolute Gasteiger partial charge is 0.398 e. The number of para-hydroxylation sites is 1. The maximum atomic E-state index is 11.7. The lowest BCUT2D eigenvalue weighted by atomic mass is 10.3. The van der Waals surface area contributed by atoms with Gasteiger partial charge < -0.3 is 10.8 Å². The summed E-state index contributed by atoms with van der Waals surface area (Å²) < 4.78 is 1.14. The minimum Gasteiger partial charge on any atom is -0.398 e. The second-order valence-corrected chi connectivity index (χ2v) is 4.55. The molecule has 1 heterocycles. The van der Waals surface area contributed by atoms with Gasteiger partial charge in [0.25, 0.3) is 5.43 Å². The van der Waals surface area contributed by atoms with Crippen LogP contribution in [0.1, 0.15) is 0 Å². The van der Waals surface area contributed by atoms with Gasteiger partial charge in [0.2, 0.25) is 0 Å². The van der Waals surface area contributed by atoms with Gasteiger partial charge in [-0.2, -0.15) is 0 Å². The highest BCUT2D eigenvalue weighted by Gasteiger charge is 2.08. The minimum atomic E-state index is -0.579. The first-order chi connectivity index (χ1) is 8.09. The van der Waals surface area contributed by atoms with Crippen LogP contribution in [0.3, 0.4) is 0 Å². The summed E-state index contributed by atoms with van der Waals surface area (Å²) in [5.41, 5.74) is 5.24. The normalized spacial score (nSPS) is 10.4. The number of hydrogen-bond acceptors (Lipinski definition) is 4. The average molecular weight is 249 g/mol. The summed E-state index contributed by atoms with van der Waals surface area (Å²) in [6.07, 6.45) is 1.50. The Hall–Kier alpha value is -1.95. The predicted molar refractivity (Wildman–Crippen MR) is 67.3 cm³/mol. The number of nitrogens with two attached hydrogens (primary N) is 1. The van der Waals surface area contributed by atoms with Crippen molar-refractivity contribution in [1.29, 1.82) is 0 Å². The van der Waals surface area contributed by atoms with Crippen molar-refractivity contribution < 1.29 is 0 Å². The van der Waals surface area contributed by atoms with Crippen molar-refractivity contribution in [3.63, 3.8) is 0 Å². The second kappa shape index (κ2) is 4.50. The summed E-state index contributed by atoms with van der Waals surface area (Å²) in [7, 11) is 1.50. The topological polar surface area (TPSA) is 80.9 Å². The molecule has 0 fully saturated rings. The number of aromatic nitrogens is 2. The van der Waals surface area contributed by atoms with Gasteiger partial charge in [-0.15, -0.1) is 0 Å². The summed E-state index contributed by atoms with van der Waals surface area (Å²) in [5.74, 6) is 0. The number of nitrogen functional groups attached to an aromatic ring is 1. The number of hydrogen-bond donors (Lipinski definition) is 2. The molecule has 2 aromatic rings. The van der Waals surface area contributed by atoms with Crippen LogP contribution in [0.5, 0.6) is 0 Å². The van der Waals surface area contributed by atoms with Gasteiger partial charge in [-0.25, -0.2) is 0 Å². The van der Waals surface area contributed by atoms with E-state index in [1.807, 2.05) is 12.1 Å². The number of aromatic amines is 1. The molecule has 17 heavy (non-hydrogen) atoms. The Morgan fingerprint density at radius 3 is 2.65 bits per heavy atom. The molecule has 0 saturated heterocycles. The molecule has 0 radical (unpaired) electrons. The van der Waals surface area contributed by atoms with Gasteiger partial charge in [-0.3, -0.25) is 14.3 Å². The number of nitrogens with zero attached hydrogens (tertiary/aromatic N) is 1. The van der Waals surface area contributed by atoms with Crippen molar-refractivity contribution in [2.24, 2.45) is 7.05 Å². The van der Waals surface area contributed by atoms with E-state index in [0.29, 0.717) is 10.6 Å². The van der Waals surface area contributed by atoms with Crippen LogP contribution in [0.25, 0.3) is 0 Å². The zero-order valence-corrected chi connectivity index (χ0v) is 9.95. The van der Waals surface area contributed by atoms with Gasteiger partial charge in [-0.05, 0) is 12.1 Å². The van der Waals surface area contributed by atoms with Crippen molar-refractivity contribution in [3.8, 4) is 0 Å². The first-order valence-corrected chi connectivity index (χ1v) is 5.72. The van der Waals surface area contributed by atoms with E-state index < -0.39 is 11.0 Å². The Morgan fingerprint density at radius 1 is 1.24 bits per heavy atom. The van der Waals surface area contributed by atoms with Crippen molar-refractivity contribution in [2.75, 3.05) is 5.73 Å². The van der Waals surface area contributed by atoms with Crippen LogP contribution in [0.2, 0.25) is 0 Å². The number of benzene rings is 1. The molecule has 5 nitrogen and oxygen atoms in total.